The molecule has 0 aliphatic rings. The van der Waals surface area contributed by atoms with Crippen LogP contribution in [-0.2, 0) is 0 Å². The summed E-state index contributed by atoms with van der Waals surface area (Å²) < 4.78 is 11.8. The molecule has 0 amide bonds. The van der Waals surface area contributed by atoms with Gasteiger partial charge in [-0.3, -0.25) is 0 Å². The summed E-state index contributed by atoms with van der Waals surface area (Å²) in [6.45, 7) is 0. The number of nitrogens with zero attached hydrogens (tertiary/aromatic N) is 5. The molecule has 0 N–H and O–H groups in total. The number of hydrogen-bond acceptors (Lipinski definition) is 4. The summed E-state index contributed by atoms with van der Waals surface area (Å²) in [5, 5.41) is 13.7. The van der Waals surface area contributed by atoms with Gasteiger partial charge in [0.2, 0.25) is 0 Å². The third kappa shape index (κ3) is 5.69. The molecule has 15 aromatic rings. The normalized spacial score (nSPS) is 12.1. The minimum absolute atomic E-state index is 0.529. The number of para-hydroxylation sites is 3. The van der Waals surface area contributed by atoms with Crippen molar-refractivity contribution in [3.63, 3.8) is 0 Å². The number of hydrogen-bond donors (Lipinski definition) is 0. The van der Waals surface area contributed by atoms with E-state index in [-0.39, 0.29) is 0 Å². The quantitative estimate of drug-likeness (QED) is 0.173. The van der Waals surface area contributed by atoms with Gasteiger partial charge in [0.25, 0.3) is 0 Å². The number of furan rings is 1. The van der Waals surface area contributed by atoms with E-state index >= 15 is 0 Å². The Labute approximate surface area is 394 Å². The van der Waals surface area contributed by atoms with Crippen LogP contribution in [0.25, 0.3) is 143 Å². The van der Waals surface area contributed by atoms with Crippen molar-refractivity contribution in [2.24, 2.45) is 0 Å². The van der Waals surface area contributed by atoms with E-state index in [2.05, 4.69) is 228 Å². The van der Waals surface area contributed by atoms with E-state index < -0.39 is 0 Å². The fraction of sp³-hybridized carbons (Fsp3) is 0. The van der Waals surface area contributed by atoms with Crippen LogP contribution in [0.2, 0.25) is 0 Å². The van der Waals surface area contributed by atoms with E-state index in [9.17, 15) is 0 Å². The molecular weight excluding hydrogens is 843 g/mol. The summed E-state index contributed by atoms with van der Waals surface area (Å²) >= 11 is 0. The minimum atomic E-state index is 0.529. The average molecular weight is 880 g/mol. The second-order valence-corrected chi connectivity index (χ2v) is 18.0. The van der Waals surface area contributed by atoms with Gasteiger partial charge in [0.1, 0.15) is 11.2 Å². The van der Waals surface area contributed by atoms with Gasteiger partial charge in [0.15, 0.2) is 17.5 Å². The Morgan fingerprint density at radius 2 is 0.884 bits per heavy atom. The monoisotopic (exact) mass is 879 g/mol. The van der Waals surface area contributed by atoms with E-state index in [1.807, 2.05) is 6.07 Å². The van der Waals surface area contributed by atoms with Crippen molar-refractivity contribution in [2.45, 2.75) is 0 Å². The Bertz CT molecular complexity index is 4520. The zero-order chi connectivity index (χ0) is 45.2. The van der Waals surface area contributed by atoms with E-state index in [0.29, 0.717) is 23.1 Å². The molecule has 0 fully saturated rings. The first-order chi connectivity index (χ1) is 34.2. The fourth-order valence-corrected chi connectivity index (χ4v) is 11.0. The zero-order valence-corrected chi connectivity index (χ0v) is 37.0. The van der Waals surface area contributed by atoms with Crippen LogP contribution >= 0.6 is 0 Å². The molecule has 4 heterocycles. The van der Waals surface area contributed by atoms with Crippen molar-refractivity contribution < 1.29 is 4.42 Å². The summed E-state index contributed by atoms with van der Waals surface area (Å²) in [5.41, 5.74) is 10.7. The van der Waals surface area contributed by atoms with Crippen molar-refractivity contribution in [3.8, 4) is 45.5 Å². The van der Waals surface area contributed by atoms with Crippen LogP contribution in [0.3, 0.4) is 0 Å². The Kier molecular flexibility index (Phi) is 7.97. The molecule has 0 saturated carbocycles. The molecule has 0 bridgehead atoms. The predicted molar refractivity (Wildman–Crippen MR) is 285 cm³/mol. The van der Waals surface area contributed by atoms with Crippen LogP contribution in [-0.4, -0.2) is 24.1 Å². The largest absolute Gasteiger partial charge is 0.455 e. The molecule has 0 spiro atoms. The Morgan fingerprint density at radius 1 is 0.319 bits per heavy atom. The maximum atomic E-state index is 7.05. The third-order valence-electron chi connectivity index (χ3n) is 14.1. The standard InChI is InChI=1S/C63H37N5O/c1-2-21-45(22-3-1)67-52-26-12-10-23-46(52)58-48(25-14-27-53(58)67)62-64-61(44-30-29-38-15-4-5-16-39(38)33-44)65-63(66-62)49-31-32-54(59-47-24-11-13-28-57(47)69-60(49)59)68-55-36-42-19-8-6-17-40(42)34-50(55)51-35-41-18-7-9-20-43(41)37-56(51)68/h1-37H. The number of aromatic nitrogens is 5. The van der Waals surface area contributed by atoms with E-state index in [1.165, 1.54) is 32.3 Å². The van der Waals surface area contributed by atoms with Gasteiger partial charge < -0.3 is 13.6 Å². The molecule has 0 radical (unpaired) electrons. The lowest BCUT2D eigenvalue weighted by Crippen LogP contribution is -2.02. The summed E-state index contributed by atoms with van der Waals surface area (Å²) in [4.78, 5) is 16.2. The highest BCUT2D eigenvalue weighted by Crippen LogP contribution is 2.45. The third-order valence-corrected chi connectivity index (χ3v) is 14.1. The predicted octanol–water partition coefficient (Wildman–Crippen LogP) is 16.4. The summed E-state index contributed by atoms with van der Waals surface area (Å²) in [5.74, 6) is 1.69. The highest BCUT2D eigenvalue weighted by atomic mass is 16.3. The highest BCUT2D eigenvalue weighted by Gasteiger charge is 2.25. The molecular formula is C63H37N5O. The van der Waals surface area contributed by atoms with Crippen LogP contribution in [0.5, 0.6) is 0 Å². The van der Waals surface area contributed by atoms with E-state index in [0.717, 1.165) is 88.0 Å². The molecule has 6 heteroatoms. The van der Waals surface area contributed by atoms with Crippen molar-refractivity contribution in [1.29, 1.82) is 0 Å². The fourth-order valence-electron chi connectivity index (χ4n) is 11.0. The van der Waals surface area contributed by atoms with E-state index in [1.54, 1.807) is 0 Å². The number of benzene rings is 11. The molecule has 0 aliphatic heterocycles. The van der Waals surface area contributed by atoms with Crippen molar-refractivity contribution >= 4 is 97.9 Å². The van der Waals surface area contributed by atoms with Gasteiger partial charge in [0, 0.05) is 43.7 Å². The van der Waals surface area contributed by atoms with Crippen molar-refractivity contribution in [2.75, 3.05) is 0 Å². The first kappa shape index (κ1) is 37.8. The summed E-state index contributed by atoms with van der Waals surface area (Å²) in [6.07, 6.45) is 0. The second-order valence-electron chi connectivity index (χ2n) is 18.0. The van der Waals surface area contributed by atoms with Crippen LogP contribution in [0.15, 0.2) is 229 Å². The molecule has 15 rings (SSSR count). The van der Waals surface area contributed by atoms with Crippen molar-refractivity contribution in [1.82, 2.24) is 24.1 Å². The molecule has 320 valence electrons. The molecule has 4 aromatic heterocycles. The van der Waals surface area contributed by atoms with Crippen LogP contribution < -0.4 is 0 Å². The molecule has 0 unspecified atom stereocenters. The van der Waals surface area contributed by atoms with Gasteiger partial charge in [0.05, 0.1) is 38.7 Å². The molecule has 0 saturated heterocycles. The molecule has 11 aromatic carbocycles. The topological polar surface area (TPSA) is 61.7 Å². The lowest BCUT2D eigenvalue weighted by Gasteiger charge is -2.14. The maximum Gasteiger partial charge on any atom is 0.167 e. The van der Waals surface area contributed by atoms with Gasteiger partial charge in [-0.25, -0.2) is 15.0 Å². The van der Waals surface area contributed by atoms with Crippen molar-refractivity contribution in [3.05, 3.63) is 224 Å². The van der Waals surface area contributed by atoms with Crippen LogP contribution in [0.1, 0.15) is 0 Å². The molecule has 69 heavy (non-hydrogen) atoms. The molecule has 0 aliphatic carbocycles. The van der Waals surface area contributed by atoms with Crippen LogP contribution in [0, 0.1) is 0 Å². The van der Waals surface area contributed by atoms with Gasteiger partial charge in [-0.15, -0.1) is 0 Å². The summed E-state index contributed by atoms with van der Waals surface area (Å²) in [7, 11) is 0. The van der Waals surface area contributed by atoms with Gasteiger partial charge >= 0.3 is 0 Å². The maximum absolute atomic E-state index is 7.05. The lowest BCUT2D eigenvalue weighted by molar-refractivity contribution is 0.669. The lowest BCUT2D eigenvalue weighted by atomic mass is 10.0. The summed E-state index contributed by atoms with van der Waals surface area (Å²) in [6, 6.07) is 79.8. The molecule has 6 nitrogen and oxygen atoms in total. The average Bonchev–Trinajstić information content (AvgIpc) is 4.07. The minimum Gasteiger partial charge on any atom is -0.455 e. The molecule has 0 atom stereocenters. The number of rotatable bonds is 5. The Balaban J connectivity index is 1.03. The first-order valence-electron chi connectivity index (χ1n) is 23.3. The SMILES string of the molecule is c1ccc(-n2c3ccccc3c3c(-c4nc(-c5ccc6ccccc6c5)nc(-c5ccc(-n6c7cc8ccccc8cc7c7cc8ccccc8cc76)c6c5oc5ccccc56)n4)cccc32)cc1. The van der Waals surface area contributed by atoms with Gasteiger partial charge in [-0.2, -0.15) is 0 Å². The van der Waals surface area contributed by atoms with Gasteiger partial charge in [-0.05, 0) is 105 Å². The number of fused-ring (bicyclic) bond motifs is 12. The highest BCUT2D eigenvalue weighted by molar-refractivity contribution is 6.20. The Hall–Kier alpha value is -9.39. The second kappa shape index (κ2) is 14.6. The smallest absolute Gasteiger partial charge is 0.167 e. The Morgan fingerprint density at radius 3 is 1.61 bits per heavy atom. The van der Waals surface area contributed by atoms with E-state index in [4.69, 9.17) is 19.4 Å². The zero-order valence-electron chi connectivity index (χ0n) is 37.0. The first-order valence-corrected chi connectivity index (χ1v) is 23.3. The van der Waals surface area contributed by atoms with Crippen LogP contribution in [0.4, 0.5) is 0 Å². The van der Waals surface area contributed by atoms with Gasteiger partial charge in [-0.1, -0.05) is 152 Å².